The summed E-state index contributed by atoms with van der Waals surface area (Å²) in [7, 11) is 2.97. The van der Waals surface area contributed by atoms with Crippen molar-refractivity contribution in [2.24, 2.45) is 0 Å². The maximum absolute atomic E-state index is 13.3. The summed E-state index contributed by atoms with van der Waals surface area (Å²) in [5, 5.41) is 3.04. The van der Waals surface area contributed by atoms with Crippen LogP contribution in [-0.2, 0) is 10.9 Å². The van der Waals surface area contributed by atoms with Crippen LogP contribution in [0.3, 0.4) is 0 Å². The van der Waals surface area contributed by atoms with Crippen LogP contribution in [0.2, 0.25) is 5.02 Å². The van der Waals surface area contributed by atoms with E-state index in [1.165, 1.54) is 36.5 Å². The number of nitrogens with one attached hydrogen (secondary N) is 1. The lowest BCUT2D eigenvalue weighted by atomic mass is 10.0. The Bertz CT molecular complexity index is 1570. The number of amides is 1. The number of hydrogen-bond acceptors (Lipinski definition) is 6. The van der Waals surface area contributed by atoms with E-state index in [2.05, 4.69) is 10.3 Å². The van der Waals surface area contributed by atoms with Gasteiger partial charge in [0.25, 0.3) is 5.91 Å². The van der Waals surface area contributed by atoms with E-state index in [0.717, 1.165) is 24.9 Å². The van der Waals surface area contributed by atoms with Crippen molar-refractivity contribution in [2.45, 2.75) is 6.18 Å². The lowest BCUT2D eigenvalue weighted by Gasteiger charge is -2.19. The highest BCUT2D eigenvalue weighted by molar-refractivity contribution is 6.30. The number of hydrogen-bond donors (Lipinski definition) is 1. The third kappa shape index (κ3) is 6.47. The topological polar surface area (TPSA) is 88.6 Å². The second-order valence-electron chi connectivity index (χ2n) is 8.59. The first-order valence-electron chi connectivity index (χ1n) is 11.7. The summed E-state index contributed by atoms with van der Waals surface area (Å²) >= 11 is 5.95. The molecule has 0 unspecified atom stereocenters. The second-order valence-corrected chi connectivity index (χ2v) is 9.03. The largest absolute Gasteiger partial charge is 0.465 e. The van der Waals surface area contributed by atoms with Gasteiger partial charge in [-0.15, -0.1) is 0 Å². The Morgan fingerprint density at radius 2 is 1.55 bits per heavy atom. The van der Waals surface area contributed by atoms with Gasteiger partial charge in [0.15, 0.2) is 0 Å². The van der Waals surface area contributed by atoms with Gasteiger partial charge in [-0.3, -0.25) is 14.6 Å². The quantitative estimate of drug-likeness (QED) is 0.195. The normalized spacial score (nSPS) is 11.1. The number of ether oxygens (including phenoxy) is 1. The Morgan fingerprint density at radius 1 is 0.875 bits per heavy atom. The van der Waals surface area contributed by atoms with E-state index in [-0.39, 0.29) is 28.1 Å². The van der Waals surface area contributed by atoms with E-state index in [9.17, 15) is 27.6 Å². The Balaban J connectivity index is 1.61. The maximum atomic E-state index is 13.3. The van der Waals surface area contributed by atoms with Crippen molar-refractivity contribution in [1.29, 1.82) is 0 Å². The Hall–Kier alpha value is -4.70. The van der Waals surface area contributed by atoms with Crippen LogP contribution in [0.25, 0.3) is 0 Å². The predicted octanol–water partition coefficient (Wildman–Crippen LogP) is 6.79. The van der Waals surface area contributed by atoms with Crippen LogP contribution >= 0.6 is 11.6 Å². The van der Waals surface area contributed by atoms with Crippen molar-refractivity contribution in [1.82, 2.24) is 4.98 Å². The van der Waals surface area contributed by atoms with Crippen molar-refractivity contribution in [3.05, 3.63) is 118 Å². The molecule has 0 radical (unpaired) electrons. The molecule has 3 aromatic carbocycles. The van der Waals surface area contributed by atoms with Gasteiger partial charge in [-0.05, 0) is 72.8 Å². The average Bonchev–Trinajstić information content (AvgIpc) is 2.96. The number of esters is 1. The molecule has 204 valence electrons. The van der Waals surface area contributed by atoms with E-state index in [4.69, 9.17) is 16.3 Å². The second kappa shape index (κ2) is 11.6. The van der Waals surface area contributed by atoms with Crippen LogP contribution in [0.4, 0.5) is 30.2 Å². The molecule has 0 saturated heterocycles. The first-order chi connectivity index (χ1) is 19.0. The molecule has 0 saturated carbocycles. The number of alkyl halides is 3. The fourth-order valence-corrected chi connectivity index (χ4v) is 3.91. The third-order valence-corrected chi connectivity index (χ3v) is 6.16. The number of rotatable bonds is 7. The number of nitrogens with zero attached hydrogens (tertiary/aromatic N) is 2. The van der Waals surface area contributed by atoms with Crippen molar-refractivity contribution in [3.8, 4) is 0 Å². The van der Waals surface area contributed by atoms with E-state index in [0.29, 0.717) is 16.8 Å². The number of pyridine rings is 1. The van der Waals surface area contributed by atoms with Crippen LogP contribution in [0.1, 0.15) is 42.3 Å². The molecule has 40 heavy (non-hydrogen) atoms. The fraction of sp³-hybridized carbons (Fsp3) is 0.103. The molecule has 1 aromatic heterocycles. The minimum absolute atomic E-state index is 0.00718. The molecule has 11 heteroatoms. The minimum atomic E-state index is -4.63. The monoisotopic (exact) mass is 567 g/mol. The summed E-state index contributed by atoms with van der Waals surface area (Å²) in [6, 6.07) is 18.1. The molecule has 0 fully saturated rings. The van der Waals surface area contributed by atoms with Crippen LogP contribution in [0.15, 0.2) is 85.1 Å². The third-order valence-electron chi connectivity index (χ3n) is 5.91. The molecule has 1 heterocycles. The lowest BCUT2D eigenvalue weighted by molar-refractivity contribution is -0.137. The van der Waals surface area contributed by atoms with E-state index in [1.54, 1.807) is 18.2 Å². The molecule has 4 aromatic rings. The highest BCUT2D eigenvalue weighted by Crippen LogP contribution is 2.30. The Morgan fingerprint density at radius 3 is 2.17 bits per heavy atom. The lowest BCUT2D eigenvalue weighted by Crippen LogP contribution is -2.16. The molecule has 0 aliphatic heterocycles. The number of aromatic nitrogens is 1. The van der Waals surface area contributed by atoms with Gasteiger partial charge in [0.1, 0.15) is 5.69 Å². The number of anilines is 3. The highest BCUT2D eigenvalue weighted by atomic mass is 35.5. The Labute approximate surface area is 232 Å². The smallest absolute Gasteiger partial charge is 0.416 e. The van der Waals surface area contributed by atoms with Gasteiger partial charge in [-0.1, -0.05) is 17.7 Å². The van der Waals surface area contributed by atoms with Crippen LogP contribution in [-0.4, -0.2) is 36.8 Å². The summed E-state index contributed by atoms with van der Waals surface area (Å²) in [6.07, 6.45) is -3.13. The number of ketones is 1. The molecule has 0 bridgehead atoms. The average molecular weight is 568 g/mol. The summed E-state index contributed by atoms with van der Waals surface area (Å²) in [6.45, 7) is 0. The molecule has 0 aliphatic rings. The summed E-state index contributed by atoms with van der Waals surface area (Å²) in [5.74, 6) is -2.20. The van der Waals surface area contributed by atoms with Gasteiger partial charge in [0, 0.05) is 34.6 Å². The molecule has 0 atom stereocenters. The van der Waals surface area contributed by atoms with Gasteiger partial charge in [0.2, 0.25) is 5.78 Å². The SMILES string of the molecule is COC(=O)c1cc(NC(=O)c2cccc(C(F)(F)F)c2)cc(C(=O)c2ccc(N(C)c3ccc(Cl)cc3)cn2)c1. The number of carbonyl (C=O) groups is 3. The zero-order valence-corrected chi connectivity index (χ0v) is 21.9. The van der Waals surface area contributed by atoms with Gasteiger partial charge < -0.3 is 15.0 Å². The molecule has 0 aliphatic carbocycles. The van der Waals surface area contributed by atoms with Crippen LogP contribution in [0, 0.1) is 0 Å². The van der Waals surface area contributed by atoms with E-state index >= 15 is 0 Å². The first kappa shape index (κ1) is 28.3. The number of benzene rings is 3. The fourth-order valence-electron chi connectivity index (χ4n) is 3.79. The predicted molar refractivity (Wildman–Crippen MR) is 144 cm³/mol. The molecule has 0 spiro atoms. The molecular weight excluding hydrogens is 547 g/mol. The van der Waals surface area contributed by atoms with Gasteiger partial charge in [-0.25, -0.2) is 4.79 Å². The van der Waals surface area contributed by atoms with E-state index in [1.807, 2.05) is 24.1 Å². The number of carbonyl (C=O) groups excluding carboxylic acids is 3. The van der Waals surface area contributed by atoms with Crippen molar-refractivity contribution in [2.75, 3.05) is 24.4 Å². The number of methoxy groups -OCH3 is 1. The van der Waals surface area contributed by atoms with Crippen molar-refractivity contribution in [3.63, 3.8) is 0 Å². The van der Waals surface area contributed by atoms with Gasteiger partial charge in [0.05, 0.1) is 30.1 Å². The Kier molecular flexibility index (Phi) is 8.20. The minimum Gasteiger partial charge on any atom is -0.465 e. The van der Waals surface area contributed by atoms with Gasteiger partial charge >= 0.3 is 12.1 Å². The zero-order valence-electron chi connectivity index (χ0n) is 21.1. The highest BCUT2D eigenvalue weighted by Gasteiger charge is 2.31. The molecular formula is C29H21ClF3N3O4. The van der Waals surface area contributed by atoms with Crippen LogP contribution < -0.4 is 10.2 Å². The van der Waals surface area contributed by atoms with E-state index < -0.39 is 29.4 Å². The van der Waals surface area contributed by atoms with Gasteiger partial charge in [-0.2, -0.15) is 13.2 Å². The summed E-state index contributed by atoms with van der Waals surface area (Å²) < 4.78 is 44.0. The molecule has 1 N–H and O–H groups in total. The maximum Gasteiger partial charge on any atom is 0.416 e. The van der Waals surface area contributed by atoms with Crippen LogP contribution in [0.5, 0.6) is 0 Å². The molecule has 7 nitrogen and oxygen atoms in total. The molecule has 1 amide bonds. The van der Waals surface area contributed by atoms with Crippen molar-refractivity contribution >= 4 is 46.3 Å². The summed E-state index contributed by atoms with van der Waals surface area (Å²) in [5.41, 5.74) is 0.315. The van der Waals surface area contributed by atoms with Crippen molar-refractivity contribution < 1.29 is 32.3 Å². The standard InChI is InChI=1S/C29H21ClF3N3O4/c1-36(23-8-6-21(30)7-9-23)24-10-11-25(34-16-24)26(37)18-12-19(28(39)40-2)15-22(14-18)35-27(38)17-4-3-5-20(13-17)29(31,32)33/h3-16H,1-2H3,(H,35,38). The number of halogens is 4. The first-order valence-corrected chi connectivity index (χ1v) is 12.1. The zero-order chi connectivity index (χ0) is 29.0. The summed E-state index contributed by atoms with van der Waals surface area (Å²) in [4.78, 5) is 44.4. The molecule has 4 rings (SSSR count).